The maximum Gasteiger partial charge on any atom is 0.00949 e. The Morgan fingerprint density at radius 2 is 1.85 bits per heavy atom. The molecule has 0 radical (unpaired) electrons. The van der Waals surface area contributed by atoms with Gasteiger partial charge in [0, 0.05) is 6.04 Å². The van der Waals surface area contributed by atoms with E-state index >= 15 is 0 Å². The highest BCUT2D eigenvalue weighted by atomic mass is 14.9. The molecule has 78 valence electrons. The van der Waals surface area contributed by atoms with Gasteiger partial charge in [0.25, 0.3) is 0 Å². The van der Waals surface area contributed by atoms with Crippen LogP contribution in [0.2, 0.25) is 0 Å². The summed E-state index contributed by atoms with van der Waals surface area (Å²) in [5.41, 5.74) is 0. The molecule has 0 aromatic carbocycles. The van der Waals surface area contributed by atoms with Crippen LogP contribution in [-0.4, -0.2) is 13.1 Å². The quantitative estimate of drug-likeness (QED) is 0.667. The average Bonchev–Trinajstić information content (AvgIpc) is 2.08. The highest BCUT2D eigenvalue weighted by molar-refractivity contribution is 4.83. The smallest absolute Gasteiger partial charge is 0.00949 e. The summed E-state index contributed by atoms with van der Waals surface area (Å²) in [4.78, 5) is 0. The first-order valence-corrected chi connectivity index (χ1v) is 5.99. The van der Waals surface area contributed by atoms with Gasteiger partial charge in [-0.1, -0.05) is 33.1 Å². The Hall–Kier alpha value is -0.0400. The van der Waals surface area contributed by atoms with Gasteiger partial charge in [0.2, 0.25) is 0 Å². The lowest BCUT2D eigenvalue weighted by Gasteiger charge is -2.35. The topological polar surface area (TPSA) is 12.0 Å². The standard InChI is InChI=1S/C12H25N/c1-4-10(5-2)9-12(13-3)11-7-6-8-11/h10-13H,4-9H2,1-3H3. The highest BCUT2D eigenvalue weighted by Gasteiger charge is 2.27. The summed E-state index contributed by atoms with van der Waals surface area (Å²) < 4.78 is 0. The Labute approximate surface area is 83.3 Å². The normalized spacial score (nSPS) is 20.3. The van der Waals surface area contributed by atoms with Crippen molar-refractivity contribution in [1.82, 2.24) is 5.32 Å². The van der Waals surface area contributed by atoms with Gasteiger partial charge in [-0.15, -0.1) is 0 Å². The monoisotopic (exact) mass is 183 g/mol. The van der Waals surface area contributed by atoms with Gasteiger partial charge in [0.15, 0.2) is 0 Å². The summed E-state index contributed by atoms with van der Waals surface area (Å²) in [5.74, 6) is 1.93. The summed E-state index contributed by atoms with van der Waals surface area (Å²) >= 11 is 0. The van der Waals surface area contributed by atoms with Crippen LogP contribution >= 0.6 is 0 Å². The molecule has 0 bridgehead atoms. The molecule has 1 saturated carbocycles. The molecule has 1 unspecified atom stereocenters. The van der Waals surface area contributed by atoms with Crippen LogP contribution in [0.3, 0.4) is 0 Å². The minimum absolute atomic E-state index is 0.804. The third kappa shape index (κ3) is 2.98. The number of rotatable bonds is 6. The molecule has 0 aromatic rings. The van der Waals surface area contributed by atoms with Gasteiger partial charge in [-0.3, -0.25) is 0 Å². The van der Waals surface area contributed by atoms with E-state index < -0.39 is 0 Å². The highest BCUT2D eigenvalue weighted by Crippen LogP contribution is 2.33. The Balaban J connectivity index is 2.28. The molecule has 1 atom stereocenters. The first-order chi connectivity index (χ1) is 6.31. The van der Waals surface area contributed by atoms with E-state index in [9.17, 15) is 0 Å². The van der Waals surface area contributed by atoms with E-state index in [-0.39, 0.29) is 0 Å². The van der Waals surface area contributed by atoms with Crippen LogP contribution in [0.15, 0.2) is 0 Å². The van der Waals surface area contributed by atoms with Crippen molar-refractivity contribution < 1.29 is 0 Å². The molecule has 0 saturated heterocycles. The SMILES string of the molecule is CCC(CC)CC(NC)C1CCC1. The second kappa shape index (κ2) is 5.64. The van der Waals surface area contributed by atoms with E-state index in [4.69, 9.17) is 0 Å². The Kier molecular flexibility index (Phi) is 4.79. The zero-order valence-corrected chi connectivity index (χ0v) is 9.47. The third-order valence-electron chi connectivity index (χ3n) is 3.83. The molecule has 13 heavy (non-hydrogen) atoms. The van der Waals surface area contributed by atoms with E-state index in [1.165, 1.54) is 38.5 Å². The molecule has 0 amide bonds. The van der Waals surface area contributed by atoms with Crippen LogP contribution in [0.1, 0.15) is 52.4 Å². The van der Waals surface area contributed by atoms with Crippen LogP contribution in [0.5, 0.6) is 0 Å². The molecule has 0 spiro atoms. The molecule has 1 aliphatic carbocycles. The fourth-order valence-corrected chi connectivity index (χ4v) is 2.37. The molecule has 0 heterocycles. The van der Waals surface area contributed by atoms with E-state index in [1.54, 1.807) is 0 Å². The fraction of sp³-hybridized carbons (Fsp3) is 1.00. The largest absolute Gasteiger partial charge is 0.317 e. The van der Waals surface area contributed by atoms with Crippen molar-refractivity contribution in [1.29, 1.82) is 0 Å². The van der Waals surface area contributed by atoms with E-state index in [1.807, 2.05) is 0 Å². The van der Waals surface area contributed by atoms with Crippen LogP contribution in [0.4, 0.5) is 0 Å². The van der Waals surface area contributed by atoms with Crippen molar-refractivity contribution in [2.75, 3.05) is 7.05 Å². The lowest BCUT2D eigenvalue weighted by Crippen LogP contribution is -2.38. The van der Waals surface area contributed by atoms with Crippen molar-refractivity contribution in [3.05, 3.63) is 0 Å². The molecule has 1 aliphatic rings. The summed E-state index contributed by atoms with van der Waals surface area (Å²) in [6, 6.07) is 0.804. The number of hydrogen-bond acceptors (Lipinski definition) is 1. The molecular weight excluding hydrogens is 158 g/mol. The average molecular weight is 183 g/mol. The fourth-order valence-electron chi connectivity index (χ4n) is 2.37. The summed E-state index contributed by atoms with van der Waals surface area (Å²) in [7, 11) is 2.13. The maximum atomic E-state index is 3.50. The van der Waals surface area contributed by atoms with E-state index in [2.05, 4.69) is 26.2 Å². The van der Waals surface area contributed by atoms with Gasteiger partial charge >= 0.3 is 0 Å². The van der Waals surface area contributed by atoms with Crippen molar-refractivity contribution in [2.24, 2.45) is 11.8 Å². The first-order valence-electron chi connectivity index (χ1n) is 5.99. The molecule has 0 aromatic heterocycles. The second-order valence-corrected chi connectivity index (χ2v) is 4.50. The Morgan fingerprint density at radius 3 is 2.15 bits per heavy atom. The van der Waals surface area contributed by atoms with Gasteiger partial charge in [-0.05, 0) is 38.1 Å². The van der Waals surface area contributed by atoms with Gasteiger partial charge in [-0.2, -0.15) is 0 Å². The van der Waals surface area contributed by atoms with Crippen molar-refractivity contribution in [3.8, 4) is 0 Å². The van der Waals surface area contributed by atoms with Crippen LogP contribution in [0, 0.1) is 11.8 Å². The van der Waals surface area contributed by atoms with Gasteiger partial charge in [0.1, 0.15) is 0 Å². The molecule has 1 N–H and O–H groups in total. The lowest BCUT2D eigenvalue weighted by atomic mass is 9.76. The molecule has 1 heteroatoms. The van der Waals surface area contributed by atoms with Gasteiger partial charge in [-0.25, -0.2) is 0 Å². The number of nitrogens with one attached hydrogen (secondary N) is 1. The molecular formula is C12H25N. The zero-order valence-electron chi connectivity index (χ0n) is 9.47. The number of hydrogen-bond donors (Lipinski definition) is 1. The van der Waals surface area contributed by atoms with E-state index in [0.717, 1.165) is 17.9 Å². The summed E-state index contributed by atoms with van der Waals surface area (Å²) in [5, 5.41) is 3.50. The lowest BCUT2D eigenvalue weighted by molar-refractivity contribution is 0.204. The summed E-state index contributed by atoms with van der Waals surface area (Å²) in [6.07, 6.45) is 8.49. The van der Waals surface area contributed by atoms with Crippen molar-refractivity contribution >= 4 is 0 Å². The van der Waals surface area contributed by atoms with Crippen LogP contribution < -0.4 is 5.32 Å². The van der Waals surface area contributed by atoms with Gasteiger partial charge < -0.3 is 5.32 Å². The van der Waals surface area contributed by atoms with E-state index in [0.29, 0.717) is 0 Å². The minimum Gasteiger partial charge on any atom is -0.317 e. The molecule has 1 nitrogen and oxygen atoms in total. The Bertz CT molecular complexity index is 125. The molecule has 1 fully saturated rings. The Morgan fingerprint density at radius 1 is 1.23 bits per heavy atom. The maximum absolute atomic E-state index is 3.50. The van der Waals surface area contributed by atoms with Crippen molar-refractivity contribution in [2.45, 2.75) is 58.4 Å². The second-order valence-electron chi connectivity index (χ2n) is 4.50. The minimum atomic E-state index is 0.804. The van der Waals surface area contributed by atoms with Crippen molar-refractivity contribution in [3.63, 3.8) is 0 Å². The third-order valence-corrected chi connectivity index (χ3v) is 3.83. The van der Waals surface area contributed by atoms with Crippen LogP contribution in [-0.2, 0) is 0 Å². The predicted octanol–water partition coefficient (Wildman–Crippen LogP) is 3.20. The summed E-state index contributed by atoms with van der Waals surface area (Å²) in [6.45, 7) is 4.64. The first kappa shape index (κ1) is 11.0. The predicted molar refractivity (Wildman–Crippen MR) is 58.9 cm³/mol. The van der Waals surface area contributed by atoms with Gasteiger partial charge in [0.05, 0.1) is 0 Å². The van der Waals surface area contributed by atoms with Crippen LogP contribution in [0.25, 0.3) is 0 Å². The molecule has 0 aliphatic heterocycles. The zero-order chi connectivity index (χ0) is 9.68. The molecule has 1 rings (SSSR count).